The fourth-order valence-electron chi connectivity index (χ4n) is 6.90. The molecule has 3 heterocycles. The summed E-state index contributed by atoms with van der Waals surface area (Å²) < 4.78 is 21.8. The number of ketones is 2. The lowest BCUT2D eigenvalue weighted by Crippen LogP contribution is -2.62. The molecule has 1 aromatic heterocycles. The predicted molar refractivity (Wildman–Crippen MR) is 166 cm³/mol. The molecule has 3 aliphatic rings. The molecule has 0 spiro atoms. The first-order valence-electron chi connectivity index (χ1n) is 15.1. The van der Waals surface area contributed by atoms with Crippen molar-refractivity contribution in [2.75, 3.05) is 13.7 Å². The number of esters is 2. The van der Waals surface area contributed by atoms with Gasteiger partial charge < -0.3 is 28.8 Å². The molecule has 3 unspecified atom stereocenters. The van der Waals surface area contributed by atoms with Crippen LogP contribution in [0.3, 0.4) is 0 Å². The number of nitrogens with zero attached hydrogens (tertiary/aromatic N) is 1. The van der Waals surface area contributed by atoms with Gasteiger partial charge in [-0.05, 0) is 60.4 Å². The maximum absolute atomic E-state index is 14.3. The summed E-state index contributed by atoms with van der Waals surface area (Å²) in [5.74, 6) is -4.69. The Morgan fingerprint density at radius 1 is 0.979 bits per heavy atom. The van der Waals surface area contributed by atoms with Gasteiger partial charge in [-0.3, -0.25) is 28.9 Å². The maximum atomic E-state index is 14.3. The molecule has 2 aliphatic heterocycles. The summed E-state index contributed by atoms with van der Waals surface area (Å²) in [6.45, 7) is 5.87. The van der Waals surface area contributed by atoms with Gasteiger partial charge in [-0.2, -0.15) is 0 Å². The number of rotatable bonds is 5. The van der Waals surface area contributed by atoms with Crippen LogP contribution in [0, 0.1) is 5.92 Å². The first-order chi connectivity index (χ1) is 22.6. The second-order valence-corrected chi connectivity index (χ2v) is 13.0. The quantitative estimate of drug-likeness (QED) is 0.263. The third kappa shape index (κ3) is 4.06. The molecule has 48 heavy (non-hydrogen) atoms. The summed E-state index contributed by atoms with van der Waals surface area (Å²) in [7, 11) is 1.30. The van der Waals surface area contributed by atoms with Crippen LogP contribution in [0.25, 0.3) is 21.7 Å². The summed E-state index contributed by atoms with van der Waals surface area (Å²) in [5, 5.41) is 22.2. The second kappa shape index (κ2) is 10.2. The Balaban J connectivity index is 1.37. The van der Waals surface area contributed by atoms with Gasteiger partial charge >= 0.3 is 11.9 Å². The van der Waals surface area contributed by atoms with Crippen molar-refractivity contribution in [1.29, 1.82) is 0 Å². The molecule has 246 valence electrons. The number of benzene rings is 3. The highest BCUT2D eigenvalue weighted by Crippen LogP contribution is 2.50. The van der Waals surface area contributed by atoms with E-state index in [-0.39, 0.29) is 62.4 Å². The number of aromatic hydroxyl groups is 1. The van der Waals surface area contributed by atoms with E-state index < -0.39 is 70.1 Å². The lowest BCUT2D eigenvalue weighted by atomic mass is 9.80. The van der Waals surface area contributed by atoms with Gasteiger partial charge in [0.2, 0.25) is 22.7 Å². The number of carbonyl (C=O) groups excluding carboxylic acids is 5. The van der Waals surface area contributed by atoms with Crippen LogP contribution in [0.15, 0.2) is 45.6 Å². The molecule has 1 saturated heterocycles. The van der Waals surface area contributed by atoms with Crippen LogP contribution in [0.5, 0.6) is 11.5 Å². The molecule has 0 bridgehead atoms. The van der Waals surface area contributed by atoms with E-state index in [1.165, 1.54) is 51.3 Å². The van der Waals surface area contributed by atoms with E-state index in [2.05, 4.69) is 0 Å². The van der Waals surface area contributed by atoms with Crippen molar-refractivity contribution in [2.45, 2.75) is 51.5 Å². The van der Waals surface area contributed by atoms with E-state index in [1.54, 1.807) is 0 Å². The Hall–Kier alpha value is -5.56. The monoisotopic (exact) mass is 655 g/mol. The highest BCUT2D eigenvalue weighted by molar-refractivity contribution is 6.32. The third-order valence-electron chi connectivity index (χ3n) is 9.29. The number of carbonyl (C=O) groups is 5. The Labute approximate surface area is 271 Å². The smallest absolute Gasteiger partial charge is 0.337 e. The Bertz CT molecular complexity index is 2250. The molecule has 4 aromatic rings. The number of amides is 1. The number of phenolic OH excluding ortho intramolecular Hbond substituents is 1. The molecule has 3 atom stereocenters. The van der Waals surface area contributed by atoms with Crippen LogP contribution < -0.4 is 10.2 Å². The fourth-order valence-corrected chi connectivity index (χ4v) is 6.90. The van der Waals surface area contributed by atoms with Crippen LogP contribution in [0.2, 0.25) is 0 Å². The van der Waals surface area contributed by atoms with Crippen molar-refractivity contribution in [1.82, 2.24) is 4.90 Å². The van der Waals surface area contributed by atoms with Gasteiger partial charge in [-0.15, -0.1) is 0 Å². The lowest BCUT2D eigenvalue weighted by Gasteiger charge is -2.45. The zero-order valence-corrected chi connectivity index (χ0v) is 26.5. The van der Waals surface area contributed by atoms with E-state index in [4.69, 9.17) is 18.6 Å². The Morgan fingerprint density at radius 2 is 1.71 bits per heavy atom. The molecular weight excluding hydrogens is 626 g/mol. The number of aliphatic hydroxyl groups excluding tert-OH is 1. The van der Waals surface area contributed by atoms with Crippen molar-refractivity contribution in [3.05, 3.63) is 80.2 Å². The van der Waals surface area contributed by atoms with Gasteiger partial charge in [0.15, 0.2) is 22.8 Å². The summed E-state index contributed by atoms with van der Waals surface area (Å²) in [6, 6.07) is 8.03. The van der Waals surface area contributed by atoms with Crippen LogP contribution in [0.1, 0.15) is 88.2 Å². The van der Waals surface area contributed by atoms with Gasteiger partial charge in [0, 0.05) is 29.2 Å². The Kier molecular flexibility index (Phi) is 6.61. The fraction of sp³-hybridized carbons (Fsp3) is 0.314. The molecule has 3 aromatic carbocycles. The van der Waals surface area contributed by atoms with Crippen molar-refractivity contribution < 1.29 is 52.8 Å². The van der Waals surface area contributed by atoms with E-state index in [1.807, 2.05) is 13.8 Å². The first-order valence-corrected chi connectivity index (χ1v) is 15.1. The van der Waals surface area contributed by atoms with Gasteiger partial charge in [-0.1, -0.05) is 19.9 Å². The number of aliphatic hydroxyl groups is 1. The van der Waals surface area contributed by atoms with E-state index in [9.17, 15) is 39.0 Å². The normalized spacial score (nSPS) is 22.8. The summed E-state index contributed by atoms with van der Waals surface area (Å²) in [4.78, 5) is 82.5. The molecule has 1 fully saturated rings. The lowest BCUT2D eigenvalue weighted by molar-refractivity contribution is -0.169. The third-order valence-corrected chi connectivity index (χ3v) is 9.29. The number of fused-ring (bicyclic) bond motifs is 7. The number of methoxy groups -OCH3 is 1. The van der Waals surface area contributed by atoms with E-state index >= 15 is 0 Å². The average molecular weight is 656 g/mol. The number of ether oxygens (including phenoxy) is 3. The largest absolute Gasteiger partial charge is 0.504 e. The standard InChI is InChI=1S/C35H29NO12/c1-14(2)8-24(38)46-13-34(3)33(44)48-35(4)31(42)18-9-15-6-7-16-25(17(15)10-19(18)32(43)36(34)35)29(41)26-27(39)20-11-21(37)23(45-5)12-22(20)47-30(26)28(16)40/h6-7,9-12,14,31,37,42H,8,13H2,1-5H3. The molecule has 13 heteroatoms. The molecule has 13 nitrogen and oxygen atoms in total. The highest BCUT2D eigenvalue weighted by atomic mass is 16.6. The molecule has 1 amide bonds. The topological polar surface area (TPSA) is 187 Å². The van der Waals surface area contributed by atoms with E-state index in [0.29, 0.717) is 5.39 Å². The molecule has 0 saturated carbocycles. The van der Waals surface area contributed by atoms with Crippen LogP contribution in [-0.2, 0) is 19.1 Å². The van der Waals surface area contributed by atoms with Crippen LogP contribution in [-0.4, -0.2) is 69.5 Å². The molecule has 2 N–H and O–H groups in total. The molecule has 7 rings (SSSR count). The molecule has 1 aliphatic carbocycles. The highest BCUT2D eigenvalue weighted by Gasteiger charge is 2.66. The summed E-state index contributed by atoms with van der Waals surface area (Å²) in [5.41, 5.74) is -5.35. The van der Waals surface area contributed by atoms with Gasteiger partial charge in [0.1, 0.15) is 23.9 Å². The minimum absolute atomic E-state index is 0.00535. The minimum Gasteiger partial charge on any atom is -0.504 e. The first kappa shape index (κ1) is 31.1. The minimum atomic E-state index is -1.86. The van der Waals surface area contributed by atoms with Crippen molar-refractivity contribution in [3.63, 3.8) is 0 Å². The number of hydrogen-bond acceptors (Lipinski definition) is 12. The van der Waals surface area contributed by atoms with Gasteiger partial charge in [0.25, 0.3) is 5.91 Å². The SMILES string of the molecule is COc1cc2oc3c(c(=O)c2cc1O)C(=O)c1c(ccc2cc4c(cc12)C(=O)N1C(C)(COC(=O)CC(C)C)C(=O)OC1(C)C4O)C3=O. The van der Waals surface area contributed by atoms with Crippen molar-refractivity contribution in [3.8, 4) is 11.5 Å². The number of hydrogen-bond donors (Lipinski definition) is 2. The van der Waals surface area contributed by atoms with Crippen molar-refractivity contribution in [2.24, 2.45) is 5.92 Å². The summed E-state index contributed by atoms with van der Waals surface area (Å²) in [6.07, 6.45) is -1.47. The van der Waals surface area contributed by atoms with Crippen LogP contribution >= 0.6 is 0 Å². The van der Waals surface area contributed by atoms with Gasteiger partial charge in [-0.25, -0.2) is 4.79 Å². The predicted octanol–water partition coefficient (Wildman–Crippen LogP) is 3.55. The second-order valence-electron chi connectivity index (χ2n) is 13.0. The molecule has 0 radical (unpaired) electrons. The number of phenols is 1. The molecular formula is C35H29NO12. The van der Waals surface area contributed by atoms with E-state index in [0.717, 1.165) is 11.0 Å². The Morgan fingerprint density at radius 3 is 2.40 bits per heavy atom. The van der Waals surface area contributed by atoms with Gasteiger partial charge in [0.05, 0.1) is 12.5 Å². The average Bonchev–Trinajstić information content (AvgIpc) is 3.25. The zero-order chi connectivity index (χ0) is 34.6. The van der Waals surface area contributed by atoms with Crippen LogP contribution in [0.4, 0.5) is 0 Å². The van der Waals surface area contributed by atoms with Crippen molar-refractivity contribution >= 4 is 51.2 Å². The maximum Gasteiger partial charge on any atom is 0.337 e. The zero-order valence-electron chi connectivity index (χ0n) is 26.5. The summed E-state index contributed by atoms with van der Waals surface area (Å²) >= 11 is 0.